The molecule has 0 unspecified atom stereocenters. The van der Waals surface area contributed by atoms with Gasteiger partial charge in [0.2, 0.25) is 0 Å². The molecule has 9 rings (SSSR count). The highest BCUT2D eigenvalue weighted by molar-refractivity contribution is 6.28. The van der Waals surface area contributed by atoms with Crippen molar-refractivity contribution in [2.24, 2.45) is 0 Å². The van der Waals surface area contributed by atoms with Gasteiger partial charge in [-0.15, -0.1) is 0 Å². The second-order valence-corrected chi connectivity index (χ2v) is 10.3. The van der Waals surface area contributed by atoms with Gasteiger partial charge in [-0.05, 0) is 70.6 Å². The Morgan fingerprint density at radius 2 is 0.773 bits per heavy atom. The zero-order chi connectivity index (χ0) is 42.1. The Hall–Kier alpha value is -5.86. The summed E-state index contributed by atoms with van der Waals surface area (Å²) in [4.78, 5) is 0. The SMILES string of the molecule is [2H]c1c([2H])c([2H])c(-n2c3c([2H])c([2H])c([2H])c([2H])c3c3c4c5c([2H])c([2H])c([2H])c([2H])c5n(-c5ccc(-c6ccc(-c7ccccc7)cc6)cc5)c4c([2H])c([2H])c32)c([2H])c1[2H]. The zero-order valence-corrected chi connectivity index (χ0v) is 22.9. The normalized spacial score (nSPS) is 16.4. The topological polar surface area (TPSA) is 9.86 Å². The van der Waals surface area contributed by atoms with Gasteiger partial charge in [0.05, 0.1) is 42.6 Å². The van der Waals surface area contributed by atoms with Gasteiger partial charge in [-0.3, -0.25) is 0 Å². The Kier molecular flexibility index (Phi) is 3.15. The zero-order valence-electron chi connectivity index (χ0n) is 37.9. The van der Waals surface area contributed by atoms with Gasteiger partial charge in [-0.25, -0.2) is 0 Å². The first-order valence-electron chi connectivity index (χ1n) is 21.4. The van der Waals surface area contributed by atoms with E-state index in [4.69, 9.17) is 16.4 Å². The lowest BCUT2D eigenvalue weighted by atomic mass is 10.0. The van der Waals surface area contributed by atoms with E-state index in [1.807, 2.05) is 66.7 Å². The summed E-state index contributed by atoms with van der Waals surface area (Å²) in [6.45, 7) is 0. The van der Waals surface area contributed by atoms with Gasteiger partial charge < -0.3 is 9.13 Å². The Morgan fingerprint density at radius 1 is 0.341 bits per heavy atom. The maximum absolute atomic E-state index is 9.56. The van der Waals surface area contributed by atoms with E-state index < -0.39 is 96.3 Å². The highest BCUT2D eigenvalue weighted by atomic mass is 15.0. The van der Waals surface area contributed by atoms with Crippen LogP contribution in [0.4, 0.5) is 0 Å². The molecule has 0 bridgehead atoms. The molecule has 7 aromatic carbocycles. The average molecular weight is 576 g/mol. The molecule has 0 N–H and O–H groups in total. The van der Waals surface area contributed by atoms with Crippen molar-refractivity contribution < 1.29 is 20.6 Å². The average Bonchev–Trinajstić information content (AvgIpc) is 3.79. The molecule has 206 valence electrons. The van der Waals surface area contributed by atoms with Crippen LogP contribution in [0.1, 0.15) is 20.6 Å². The quantitative estimate of drug-likeness (QED) is 0.197. The largest absolute Gasteiger partial charge is 0.309 e. The highest BCUT2D eigenvalue weighted by Crippen LogP contribution is 2.42. The van der Waals surface area contributed by atoms with E-state index in [9.17, 15) is 4.11 Å². The summed E-state index contributed by atoms with van der Waals surface area (Å²) in [5.41, 5.74) is 2.89. The fraction of sp³-hybridized carbons (Fsp3) is 0. The predicted octanol–water partition coefficient (Wildman–Crippen LogP) is 11.2. The second kappa shape index (κ2) is 9.86. The van der Waals surface area contributed by atoms with E-state index in [2.05, 4.69) is 0 Å². The van der Waals surface area contributed by atoms with E-state index >= 15 is 0 Å². The highest BCUT2D eigenvalue weighted by Gasteiger charge is 2.20. The first-order chi connectivity index (χ1) is 28.1. The standard InChI is InChI=1S/C42H28N2/c1-3-11-29(12-4-1)30-19-21-31(22-20-30)32-23-25-34(26-24-32)44-38-18-10-8-16-36(38)42-40(44)28-27-39-41(42)35-15-7-9-17-37(35)43(39)33-13-5-2-6-14-33/h1-28H/i2D,5D,6D,7D,8D,9D,10D,13D,14D,15D,16D,17D,18D,27D,28D. The lowest BCUT2D eigenvalue weighted by molar-refractivity contribution is 1.17. The number of rotatable bonds is 4. The van der Waals surface area contributed by atoms with Gasteiger partial charge in [0.25, 0.3) is 0 Å². The molecule has 0 radical (unpaired) electrons. The van der Waals surface area contributed by atoms with Gasteiger partial charge in [0.15, 0.2) is 0 Å². The summed E-state index contributed by atoms with van der Waals surface area (Å²) in [6.07, 6.45) is 0. The van der Waals surface area contributed by atoms with Gasteiger partial charge in [0.1, 0.15) is 0 Å². The van der Waals surface area contributed by atoms with Gasteiger partial charge in [-0.1, -0.05) is 121 Å². The Bertz CT molecular complexity index is 3270. The van der Waals surface area contributed by atoms with Gasteiger partial charge in [-0.2, -0.15) is 0 Å². The van der Waals surface area contributed by atoms with Crippen molar-refractivity contribution in [1.29, 1.82) is 0 Å². The molecule has 0 saturated carbocycles. The molecule has 0 aliphatic rings. The van der Waals surface area contributed by atoms with Crippen LogP contribution in [0.25, 0.3) is 77.2 Å². The van der Waals surface area contributed by atoms with Crippen LogP contribution in [-0.4, -0.2) is 9.13 Å². The third kappa shape index (κ3) is 3.75. The molecular formula is C42H28N2. The smallest absolute Gasteiger partial charge is 0.0646 e. The molecule has 2 heteroatoms. The van der Waals surface area contributed by atoms with Crippen LogP contribution in [-0.2, 0) is 0 Å². The lowest BCUT2D eigenvalue weighted by Gasteiger charge is -2.10. The number of fused-ring (bicyclic) bond motifs is 7. The molecule has 0 spiro atoms. The van der Waals surface area contributed by atoms with Crippen LogP contribution >= 0.6 is 0 Å². The number of aromatic nitrogens is 2. The van der Waals surface area contributed by atoms with Gasteiger partial charge in [0, 0.05) is 32.9 Å². The van der Waals surface area contributed by atoms with Crippen molar-refractivity contribution in [2.45, 2.75) is 0 Å². The van der Waals surface area contributed by atoms with E-state index in [1.165, 1.54) is 4.57 Å². The molecule has 0 saturated heterocycles. The molecule has 2 aromatic heterocycles. The van der Waals surface area contributed by atoms with Gasteiger partial charge >= 0.3 is 0 Å². The number of para-hydroxylation sites is 3. The third-order valence-corrected chi connectivity index (χ3v) is 7.91. The number of hydrogen-bond donors (Lipinski definition) is 0. The van der Waals surface area contributed by atoms with Crippen molar-refractivity contribution in [3.05, 3.63) is 169 Å². The van der Waals surface area contributed by atoms with Crippen LogP contribution < -0.4 is 0 Å². The third-order valence-electron chi connectivity index (χ3n) is 7.91. The summed E-state index contributed by atoms with van der Waals surface area (Å²) in [5.74, 6) is 0. The fourth-order valence-corrected chi connectivity index (χ4v) is 5.96. The number of benzene rings is 7. The Balaban J connectivity index is 1.44. The monoisotopic (exact) mass is 575 g/mol. The minimum atomic E-state index is -0.739. The first-order valence-corrected chi connectivity index (χ1v) is 13.9. The van der Waals surface area contributed by atoms with Crippen LogP contribution in [0.2, 0.25) is 0 Å². The molecule has 0 fully saturated rings. The fourth-order valence-electron chi connectivity index (χ4n) is 5.96. The van der Waals surface area contributed by atoms with Crippen molar-refractivity contribution in [1.82, 2.24) is 9.13 Å². The molecule has 44 heavy (non-hydrogen) atoms. The van der Waals surface area contributed by atoms with E-state index in [-0.39, 0.29) is 43.6 Å². The summed E-state index contributed by atoms with van der Waals surface area (Å²) < 4.78 is 135. The molecule has 0 amide bonds. The van der Waals surface area contributed by atoms with Crippen molar-refractivity contribution in [3.8, 4) is 33.6 Å². The molecule has 0 aliphatic carbocycles. The maximum Gasteiger partial charge on any atom is 0.0646 e. The predicted molar refractivity (Wildman–Crippen MR) is 186 cm³/mol. The Morgan fingerprint density at radius 3 is 1.32 bits per heavy atom. The number of hydrogen-bond acceptors (Lipinski definition) is 0. The molecule has 2 nitrogen and oxygen atoms in total. The van der Waals surface area contributed by atoms with Crippen molar-refractivity contribution in [2.75, 3.05) is 0 Å². The van der Waals surface area contributed by atoms with E-state index in [0.29, 0.717) is 5.69 Å². The van der Waals surface area contributed by atoms with E-state index in [0.717, 1.165) is 26.8 Å². The lowest BCUT2D eigenvalue weighted by Crippen LogP contribution is -1.94. The summed E-state index contributed by atoms with van der Waals surface area (Å²) in [7, 11) is 0. The minimum absolute atomic E-state index is 0.0373. The minimum Gasteiger partial charge on any atom is -0.309 e. The molecule has 9 aromatic rings. The maximum atomic E-state index is 9.56. The summed E-state index contributed by atoms with van der Waals surface area (Å²) >= 11 is 0. The molecular weight excluding hydrogens is 532 g/mol. The van der Waals surface area contributed by atoms with Crippen LogP contribution in [0.5, 0.6) is 0 Å². The second-order valence-electron chi connectivity index (χ2n) is 10.3. The van der Waals surface area contributed by atoms with Crippen molar-refractivity contribution in [3.63, 3.8) is 0 Å². The van der Waals surface area contributed by atoms with Crippen LogP contribution in [0.3, 0.4) is 0 Å². The summed E-state index contributed by atoms with van der Waals surface area (Å²) in [5, 5.41) is -0.474. The molecule has 2 heterocycles. The Labute approximate surface area is 276 Å². The van der Waals surface area contributed by atoms with Crippen LogP contribution in [0, 0.1) is 0 Å². The van der Waals surface area contributed by atoms with Crippen LogP contribution in [0.15, 0.2) is 169 Å². The summed E-state index contributed by atoms with van der Waals surface area (Å²) in [6, 6.07) is 15.4. The van der Waals surface area contributed by atoms with Crippen molar-refractivity contribution >= 4 is 43.6 Å². The number of nitrogens with zero attached hydrogens (tertiary/aromatic N) is 2. The molecule has 0 aliphatic heterocycles. The van der Waals surface area contributed by atoms with E-state index in [1.54, 1.807) is 12.1 Å². The molecule has 0 atom stereocenters. The first kappa shape index (κ1) is 14.1.